The zero-order valence-corrected chi connectivity index (χ0v) is 73.6. The average Bonchev–Trinajstić information content (AvgIpc) is 0.813. The fourth-order valence-corrected chi connectivity index (χ4v) is 12.2. The Hall–Kier alpha value is -11.0. The van der Waals surface area contributed by atoms with E-state index in [9.17, 15) is 25.5 Å². The molecule has 20 nitrogen and oxygen atoms in total. The van der Waals surface area contributed by atoms with Gasteiger partial charge in [0.05, 0.1) is 118 Å². The van der Waals surface area contributed by atoms with Crippen LogP contribution < -0.4 is 71.1 Å². The molecule has 5 atom stereocenters. The first-order valence-corrected chi connectivity index (χ1v) is 41.5. The van der Waals surface area contributed by atoms with Crippen LogP contribution in [0.3, 0.4) is 0 Å². The molecule has 0 aliphatic rings. The molecule has 10 aromatic carbocycles. The second-order valence-corrected chi connectivity index (χ2v) is 29.2. The van der Waals surface area contributed by atoms with Gasteiger partial charge in [-0.25, -0.2) is 0 Å². The highest BCUT2D eigenvalue weighted by Gasteiger charge is 2.15. The zero-order chi connectivity index (χ0) is 109. The third-order valence-corrected chi connectivity index (χ3v) is 18.9. The molecule has 0 fully saturated rings. The molecule has 5 unspecified atom stereocenters. The SMILES string of the molecule is [2H]C([2H])(CCCC(O)COc1cccc(C)c1)c1ccc(OC)c(OC)c1.[2H]C([2H])(CCCC(O)COc1cccc(C)c1)c1ccc(OC)c(OC)c1.[2H]C([2H])([2H])Oc1cc(C([2H])([2H])CCCC(O)COc2cccc(C)c2)ccc1OC.[2H]C([2H])([2H])Oc1ccc(C([2H])([2H])CCCC(O)COc2cccc(C)c2)cc1OC.[2H]C([2H])([2H])Oc1ccc(C([2H])([2H])CCCC(O)COc2cccc(C)c2)cc1OC([2H])([2H])[2H]. The van der Waals surface area contributed by atoms with Gasteiger partial charge >= 0.3 is 0 Å². The summed E-state index contributed by atoms with van der Waals surface area (Å²) in [4.78, 5) is 0. The third kappa shape index (κ3) is 41.1. The summed E-state index contributed by atoms with van der Waals surface area (Å²) in [5, 5.41) is 50.7. The zero-order valence-electron chi connectivity index (χ0n) is 95.6. The lowest BCUT2D eigenvalue weighted by Crippen LogP contribution is -2.17. The highest BCUT2D eigenvalue weighted by atomic mass is 16.5. The number of aliphatic hydroxyl groups excluding tert-OH is 5. The molecule has 10 rings (SSSR count). The number of hydrogen-bond acceptors (Lipinski definition) is 20. The molecule has 125 heavy (non-hydrogen) atoms. The molecule has 0 amide bonds. The van der Waals surface area contributed by atoms with E-state index in [4.69, 9.17) is 101 Å². The number of methoxy groups -OCH3 is 10. The van der Waals surface area contributed by atoms with Gasteiger partial charge in [-0.3, -0.25) is 0 Å². The van der Waals surface area contributed by atoms with Crippen LogP contribution in [0.4, 0.5) is 0 Å². The van der Waals surface area contributed by atoms with E-state index in [2.05, 4.69) is 0 Å². The summed E-state index contributed by atoms with van der Waals surface area (Å²) < 4.78 is 249. The highest BCUT2D eigenvalue weighted by molar-refractivity contribution is 5.47. The van der Waals surface area contributed by atoms with Gasteiger partial charge in [-0.15, -0.1) is 0 Å². The van der Waals surface area contributed by atoms with Crippen molar-refractivity contribution in [3.05, 3.63) is 268 Å². The van der Waals surface area contributed by atoms with Gasteiger partial charge < -0.3 is 96.6 Å². The molecule has 5 N–H and O–H groups in total. The first-order chi connectivity index (χ1) is 68.8. The minimum absolute atomic E-state index is 0.0285. The molecule has 0 saturated carbocycles. The van der Waals surface area contributed by atoms with Crippen LogP contribution >= 0.6 is 0 Å². The summed E-state index contributed by atoms with van der Waals surface area (Å²) in [7, 11) is -2.08. The van der Waals surface area contributed by atoms with Crippen LogP contribution in [0.5, 0.6) is 86.2 Å². The lowest BCUT2D eigenvalue weighted by molar-refractivity contribution is 0.0976. The maximum Gasteiger partial charge on any atom is 0.160 e. The Kier molecular flexibility index (Phi) is 35.0. The Balaban J connectivity index is 0.000000281. The molecule has 0 spiro atoms. The summed E-state index contributed by atoms with van der Waals surface area (Å²) in [5.74, 6) is 5.28. The predicted molar refractivity (Wildman–Crippen MR) is 499 cm³/mol. The standard InChI is InChI=1S/5C21H28O4/c5*1-16-7-6-10-19(13-16)25-15-18(22)9-5-4-8-17-11-12-20(23-2)21(14-17)24-3/h5*6-7,10-14,18,22H,4-5,8-9,15H2,1-3H3/i2D3,3D3,8D2;3D3,8D2;2D3,8D2;2*8D2. The summed E-state index contributed by atoms with van der Waals surface area (Å²) in [6.45, 7) is 10.6. The Morgan fingerprint density at radius 3 is 0.576 bits per heavy atom. The summed E-state index contributed by atoms with van der Waals surface area (Å²) in [5.41, 5.74) is 7.18. The van der Waals surface area contributed by atoms with Crippen molar-refractivity contribution >= 4 is 0 Å². The van der Waals surface area contributed by atoms with Crippen molar-refractivity contribution in [3.63, 3.8) is 0 Å². The Labute approximate surface area is 775 Å². The first-order valence-electron chi connectivity index (χ1n) is 52.5. The van der Waals surface area contributed by atoms with Crippen LogP contribution in [0.1, 0.15) is 182 Å². The number of benzene rings is 10. The Morgan fingerprint density at radius 2 is 0.400 bits per heavy atom. The largest absolute Gasteiger partial charge is 0.493 e. The van der Waals surface area contributed by atoms with E-state index >= 15 is 0 Å². The number of ether oxygens (including phenoxy) is 15. The van der Waals surface area contributed by atoms with Crippen LogP contribution in [-0.4, -0.2) is 160 Å². The van der Waals surface area contributed by atoms with Gasteiger partial charge in [0.2, 0.25) is 0 Å². The third-order valence-electron chi connectivity index (χ3n) is 18.9. The van der Waals surface area contributed by atoms with Gasteiger partial charge in [0.15, 0.2) is 57.5 Å². The van der Waals surface area contributed by atoms with Gasteiger partial charge in [-0.05, 0) is 308 Å². The normalized spacial score (nSPS) is 15.4. The molecule has 680 valence electrons. The lowest BCUT2D eigenvalue weighted by Gasteiger charge is -2.13. The fraction of sp³-hybridized carbons (Fsp3) is 0.429. The quantitative estimate of drug-likeness (QED) is 0.0238. The van der Waals surface area contributed by atoms with Gasteiger partial charge in [0.1, 0.15) is 61.8 Å². The topological polar surface area (TPSA) is 240 Å². The van der Waals surface area contributed by atoms with E-state index < -0.39 is 90.5 Å². The Morgan fingerprint density at radius 1 is 0.224 bits per heavy atom. The maximum atomic E-state index is 10.2. The molecule has 10 aromatic rings. The number of aryl methyl sites for hydroxylation is 10. The van der Waals surface area contributed by atoms with E-state index in [1.807, 2.05) is 150 Å². The lowest BCUT2D eigenvalue weighted by atomic mass is 10.0. The van der Waals surface area contributed by atoms with E-state index in [1.165, 1.54) is 70.9 Å². The molecule has 0 radical (unpaired) electrons. The summed E-state index contributed by atoms with van der Waals surface area (Å²) in [6.07, 6.45) is -6.57. The van der Waals surface area contributed by atoms with Crippen molar-refractivity contribution in [1.29, 1.82) is 0 Å². The van der Waals surface area contributed by atoms with Crippen molar-refractivity contribution in [2.24, 2.45) is 0 Å². The van der Waals surface area contributed by atoms with E-state index in [0.717, 1.165) is 45.4 Å². The minimum atomic E-state index is -2.88. The van der Waals surface area contributed by atoms with Gasteiger partial charge in [-0.2, -0.15) is 0 Å². The first kappa shape index (κ1) is 73.2. The molecule has 0 bridgehead atoms. The predicted octanol–water partition coefficient (Wildman–Crippen LogP) is 20.8. The van der Waals surface area contributed by atoms with Crippen molar-refractivity contribution in [2.75, 3.05) is 104 Å². The number of rotatable bonds is 50. The molecular weight excluding hydrogens is 1580 g/mol. The van der Waals surface area contributed by atoms with E-state index in [-0.39, 0.29) is 97.9 Å². The van der Waals surface area contributed by atoms with Crippen molar-refractivity contribution in [1.82, 2.24) is 0 Å². The van der Waals surface area contributed by atoms with Crippen molar-refractivity contribution in [3.8, 4) is 86.2 Å². The molecule has 0 saturated heterocycles. The summed E-state index contributed by atoms with van der Waals surface area (Å²) >= 11 is 0. The summed E-state index contributed by atoms with van der Waals surface area (Å²) in [6, 6.07) is 60.3. The van der Waals surface area contributed by atoms with Gasteiger partial charge in [0, 0.05) is 13.7 Å². The van der Waals surface area contributed by atoms with Crippen molar-refractivity contribution < 1.29 is 127 Å². The van der Waals surface area contributed by atoms with Crippen LogP contribution in [0, 0.1) is 34.6 Å². The molecule has 0 aliphatic carbocycles. The van der Waals surface area contributed by atoms with Crippen LogP contribution in [0.15, 0.2) is 212 Å². The smallest absolute Gasteiger partial charge is 0.160 e. The molecule has 0 aliphatic heterocycles. The average molecular weight is 1740 g/mol. The van der Waals surface area contributed by atoms with Crippen molar-refractivity contribution in [2.45, 2.75) is 193 Å². The molecule has 0 aromatic heterocycles. The van der Waals surface area contributed by atoms with E-state index in [0.29, 0.717) is 134 Å². The van der Waals surface area contributed by atoms with Crippen LogP contribution in [-0.2, 0) is 31.9 Å². The number of aliphatic hydroxyl groups is 5. The minimum Gasteiger partial charge on any atom is -0.493 e. The van der Waals surface area contributed by atoms with Gasteiger partial charge in [-0.1, -0.05) is 123 Å². The molecule has 0 heterocycles. The number of hydrogen-bond donors (Lipinski definition) is 5. The monoisotopic (exact) mass is 1740 g/mol. The van der Waals surface area contributed by atoms with Crippen LogP contribution in [0.2, 0.25) is 0 Å². The highest BCUT2D eigenvalue weighted by Crippen LogP contribution is 2.34. The second-order valence-electron chi connectivity index (χ2n) is 29.2. The Bertz CT molecular complexity index is 5470. The van der Waals surface area contributed by atoms with Gasteiger partial charge in [0.25, 0.3) is 0 Å². The van der Waals surface area contributed by atoms with Crippen LogP contribution in [0.25, 0.3) is 0 Å². The fourth-order valence-electron chi connectivity index (χ4n) is 12.2. The second kappa shape index (κ2) is 59.8. The molecular formula is C105H140O20. The van der Waals surface area contributed by atoms with E-state index in [1.54, 1.807) is 62.8 Å². The molecule has 20 heteroatoms. The maximum absolute atomic E-state index is 10.2.